The average Bonchev–Trinajstić information content (AvgIpc) is 3.11. The molecule has 1 saturated heterocycles. The van der Waals surface area contributed by atoms with Gasteiger partial charge in [0.2, 0.25) is 5.91 Å². The minimum Gasteiger partial charge on any atom is -0.370 e. The standard InChI is InChI=1S/C21H21N3O3/c22-19(25)13-16-8-4-5-11-24(16)21(26)15-9-10-18-17(12-15)20(27-23-18)14-6-2-1-3-7-14/h1-3,6-7,9-10,12,16H,4-5,8,11,13H2,(H2,22,25). The van der Waals surface area contributed by atoms with E-state index in [1.54, 1.807) is 17.0 Å². The van der Waals surface area contributed by atoms with Gasteiger partial charge in [0.25, 0.3) is 5.91 Å². The number of amides is 2. The monoisotopic (exact) mass is 363 g/mol. The van der Waals surface area contributed by atoms with Crippen LogP contribution in [0.3, 0.4) is 0 Å². The van der Waals surface area contributed by atoms with E-state index in [2.05, 4.69) is 5.16 Å². The Labute approximate surface area is 156 Å². The highest BCUT2D eigenvalue weighted by molar-refractivity contribution is 6.01. The van der Waals surface area contributed by atoms with Gasteiger partial charge in [-0.2, -0.15) is 0 Å². The molecule has 1 aliphatic heterocycles. The van der Waals surface area contributed by atoms with E-state index in [4.69, 9.17) is 10.3 Å². The molecule has 0 radical (unpaired) electrons. The van der Waals surface area contributed by atoms with Crippen molar-refractivity contribution in [3.63, 3.8) is 0 Å². The first-order valence-corrected chi connectivity index (χ1v) is 9.17. The Kier molecular flexibility index (Phi) is 4.62. The summed E-state index contributed by atoms with van der Waals surface area (Å²) in [5, 5.41) is 4.90. The zero-order valence-corrected chi connectivity index (χ0v) is 14.9. The molecular weight excluding hydrogens is 342 g/mol. The van der Waals surface area contributed by atoms with Gasteiger partial charge in [0.05, 0.1) is 5.39 Å². The van der Waals surface area contributed by atoms with Crippen molar-refractivity contribution < 1.29 is 14.1 Å². The predicted molar refractivity (Wildman–Crippen MR) is 102 cm³/mol. The lowest BCUT2D eigenvalue weighted by Gasteiger charge is -2.35. The van der Waals surface area contributed by atoms with Crippen LogP contribution in [0.4, 0.5) is 0 Å². The molecule has 0 spiro atoms. The largest absolute Gasteiger partial charge is 0.370 e. The maximum absolute atomic E-state index is 13.1. The summed E-state index contributed by atoms with van der Waals surface area (Å²) in [6.07, 6.45) is 2.95. The van der Waals surface area contributed by atoms with Crippen LogP contribution in [0.2, 0.25) is 0 Å². The van der Waals surface area contributed by atoms with Gasteiger partial charge in [-0.1, -0.05) is 35.5 Å². The summed E-state index contributed by atoms with van der Waals surface area (Å²) in [6, 6.07) is 14.9. The van der Waals surface area contributed by atoms with Gasteiger partial charge in [-0.05, 0) is 37.5 Å². The van der Waals surface area contributed by atoms with Crippen molar-refractivity contribution in [3.05, 3.63) is 54.1 Å². The van der Waals surface area contributed by atoms with Gasteiger partial charge in [0.1, 0.15) is 5.52 Å². The van der Waals surface area contributed by atoms with Gasteiger partial charge in [0, 0.05) is 30.1 Å². The van der Waals surface area contributed by atoms with Crippen LogP contribution >= 0.6 is 0 Å². The average molecular weight is 363 g/mol. The number of piperidine rings is 1. The molecule has 2 N–H and O–H groups in total. The molecule has 3 aromatic rings. The third kappa shape index (κ3) is 3.43. The second kappa shape index (κ2) is 7.23. The minimum atomic E-state index is -0.374. The van der Waals surface area contributed by atoms with Crippen molar-refractivity contribution >= 4 is 22.7 Å². The molecule has 0 saturated carbocycles. The second-order valence-electron chi connectivity index (χ2n) is 6.93. The normalized spacial score (nSPS) is 17.2. The minimum absolute atomic E-state index is 0.0805. The Hall–Kier alpha value is -3.15. The second-order valence-corrected chi connectivity index (χ2v) is 6.93. The molecule has 6 heteroatoms. The maximum atomic E-state index is 13.1. The summed E-state index contributed by atoms with van der Waals surface area (Å²) < 4.78 is 5.52. The van der Waals surface area contributed by atoms with E-state index < -0.39 is 0 Å². The molecule has 2 amide bonds. The number of hydrogen-bond donors (Lipinski definition) is 1. The lowest BCUT2D eigenvalue weighted by atomic mass is 9.97. The molecule has 1 aromatic heterocycles. The molecule has 4 rings (SSSR count). The van der Waals surface area contributed by atoms with Gasteiger partial charge in [-0.3, -0.25) is 9.59 Å². The summed E-state index contributed by atoms with van der Waals surface area (Å²) in [6.45, 7) is 0.643. The number of carbonyl (C=O) groups excluding carboxylic acids is 2. The number of rotatable bonds is 4. The number of carbonyl (C=O) groups is 2. The summed E-state index contributed by atoms with van der Waals surface area (Å²) in [7, 11) is 0. The third-order valence-corrected chi connectivity index (χ3v) is 5.08. The van der Waals surface area contributed by atoms with Crippen molar-refractivity contribution in [1.29, 1.82) is 0 Å². The fourth-order valence-electron chi connectivity index (χ4n) is 3.75. The smallest absolute Gasteiger partial charge is 0.254 e. The van der Waals surface area contributed by atoms with Crippen LogP contribution in [0.15, 0.2) is 53.1 Å². The fourth-order valence-corrected chi connectivity index (χ4v) is 3.75. The van der Waals surface area contributed by atoms with Crippen LogP contribution in [0.25, 0.3) is 22.2 Å². The van der Waals surface area contributed by atoms with Crippen molar-refractivity contribution in [2.75, 3.05) is 6.54 Å². The highest BCUT2D eigenvalue weighted by Crippen LogP contribution is 2.30. The third-order valence-electron chi connectivity index (χ3n) is 5.08. The van der Waals surface area contributed by atoms with E-state index in [-0.39, 0.29) is 24.3 Å². The molecule has 1 aliphatic rings. The lowest BCUT2D eigenvalue weighted by Crippen LogP contribution is -2.45. The highest BCUT2D eigenvalue weighted by Gasteiger charge is 2.29. The quantitative estimate of drug-likeness (QED) is 0.769. The molecular formula is C21H21N3O3. The Balaban J connectivity index is 1.69. The van der Waals surface area contributed by atoms with Gasteiger partial charge >= 0.3 is 0 Å². The molecule has 2 heterocycles. The van der Waals surface area contributed by atoms with Gasteiger partial charge < -0.3 is 15.2 Å². The first-order chi connectivity index (χ1) is 13.1. The van der Waals surface area contributed by atoms with E-state index in [9.17, 15) is 9.59 Å². The van der Waals surface area contributed by atoms with E-state index in [0.29, 0.717) is 23.4 Å². The number of likely N-dealkylation sites (tertiary alicyclic amines) is 1. The van der Waals surface area contributed by atoms with Crippen molar-refractivity contribution in [2.24, 2.45) is 5.73 Å². The van der Waals surface area contributed by atoms with Crippen molar-refractivity contribution in [2.45, 2.75) is 31.7 Å². The molecule has 138 valence electrons. The molecule has 6 nitrogen and oxygen atoms in total. The van der Waals surface area contributed by atoms with Crippen LogP contribution in [0.5, 0.6) is 0 Å². The van der Waals surface area contributed by atoms with E-state index in [1.807, 2.05) is 36.4 Å². The molecule has 1 unspecified atom stereocenters. The summed E-state index contributed by atoms with van der Waals surface area (Å²) in [5.41, 5.74) is 7.56. The molecule has 0 aliphatic carbocycles. The first-order valence-electron chi connectivity index (χ1n) is 9.17. The highest BCUT2D eigenvalue weighted by atomic mass is 16.5. The zero-order chi connectivity index (χ0) is 18.8. The summed E-state index contributed by atoms with van der Waals surface area (Å²) >= 11 is 0. The summed E-state index contributed by atoms with van der Waals surface area (Å²) in [4.78, 5) is 26.3. The van der Waals surface area contributed by atoms with Crippen LogP contribution in [-0.2, 0) is 4.79 Å². The number of nitrogens with zero attached hydrogens (tertiary/aromatic N) is 2. The Morgan fingerprint density at radius 1 is 1.15 bits per heavy atom. The van der Waals surface area contributed by atoms with E-state index >= 15 is 0 Å². The number of hydrogen-bond acceptors (Lipinski definition) is 4. The predicted octanol–water partition coefficient (Wildman–Crippen LogP) is 3.36. The van der Waals surface area contributed by atoms with Crippen LogP contribution in [0.1, 0.15) is 36.0 Å². The van der Waals surface area contributed by atoms with E-state index in [0.717, 1.165) is 30.2 Å². The van der Waals surface area contributed by atoms with Crippen molar-refractivity contribution in [1.82, 2.24) is 10.1 Å². The number of nitrogens with two attached hydrogens (primary N) is 1. The fraction of sp³-hybridized carbons (Fsp3) is 0.286. The Bertz CT molecular complexity index is 981. The Morgan fingerprint density at radius 2 is 1.96 bits per heavy atom. The van der Waals surface area contributed by atoms with Crippen LogP contribution in [0, 0.1) is 0 Å². The van der Waals surface area contributed by atoms with Crippen LogP contribution < -0.4 is 5.73 Å². The van der Waals surface area contributed by atoms with Crippen molar-refractivity contribution in [3.8, 4) is 11.3 Å². The number of benzene rings is 2. The molecule has 1 fully saturated rings. The molecule has 27 heavy (non-hydrogen) atoms. The van der Waals surface area contributed by atoms with Crippen LogP contribution in [-0.4, -0.2) is 34.5 Å². The Morgan fingerprint density at radius 3 is 2.74 bits per heavy atom. The first kappa shape index (κ1) is 17.3. The van der Waals surface area contributed by atoms with E-state index in [1.165, 1.54) is 0 Å². The number of primary amides is 1. The zero-order valence-electron chi connectivity index (χ0n) is 14.9. The molecule has 1 atom stereocenters. The lowest BCUT2D eigenvalue weighted by molar-refractivity contribution is -0.119. The number of aromatic nitrogens is 1. The van der Waals surface area contributed by atoms with Gasteiger partial charge in [-0.15, -0.1) is 0 Å². The molecule has 0 bridgehead atoms. The maximum Gasteiger partial charge on any atom is 0.254 e. The summed E-state index contributed by atoms with van der Waals surface area (Å²) in [5.74, 6) is 0.191. The van der Waals surface area contributed by atoms with Gasteiger partial charge in [-0.25, -0.2) is 0 Å². The van der Waals surface area contributed by atoms with Gasteiger partial charge in [0.15, 0.2) is 5.76 Å². The SMILES string of the molecule is NC(=O)CC1CCCCN1C(=O)c1ccc2noc(-c3ccccc3)c2c1. The topological polar surface area (TPSA) is 89.4 Å². The molecule has 2 aromatic carbocycles. The number of fused-ring (bicyclic) bond motifs is 1.